The largest absolute Gasteiger partial charge is 1.00 e. The quantitative estimate of drug-likeness (QED) is 0.0879. The van der Waals surface area contributed by atoms with Gasteiger partial charge in [-0.2, -0.15) is 0 Å². The summed E-state index contributed by atoms with van der Waals surface area (Å²) < 4.78 is 0. The van der Waals surface area contributed by atoms with Gasteiger partial charge in [-0.1, -0.05) is 128 Å². The van der Waals surface area contributed by atoms with Crippen LogP contribution in [-0.2, 0) is 0 Å². The fourth-order valence-corrected chi connectivity index (χ4v) is 3.77. The number of aliphatic hydroxyl groups excluding tert-OH is 2. The molecule has 0 fully saturated rings. The molecule has 0 rings (SSSR count). The van der Waals surface area contributed by atoms with Crippen molar-refractivity contribution in [3.05, 3.63) is 0 Å². The summed E-state index contributed by atoms with van der Waals surface area (Å²) in [6, 6.07) is 0. The van der Waals surface area contributed by atoms with Crippen LogP contribution in [0.2, 0.25) is 0 Å². The molecular formula is C32H65N2NaO2. The molecule has 0 bridgehead atoms. The van der Waals surface area contributed by atoms with E-state index in [-0.39, 0.29) is 37.6 Å². The molecule has 4 nitrogen and oxygen atoms in total. The van der Waals surface area contributed by atoms with Gasteiger partial charge >= 0.3 is 29.6 Å². The van der Waals surface area contributed by atoms with Gasteiger partial charge in [-0.3, -0.25) is 0 Å². The van der Waals surface area contributed by atoms with Gasteiger partial charge in [0.2, 0.25) is 0 Å². The maximum absolute atomic E-state index is 8.62. The molecule has 0 saturated heterocycles. The van der Waals surface area contributed by atoms with Crippen molar-refractivity contribution in [2.45, 2.75) is 155 Å². The molecule has 0 spiro atoms. The molecule has 0 unspecified atom stereocenters. The van der Waals surface area contributed by atoms with E-state index >= 15 is 0 Å². The van der Waals surface area contributed by atoms with E-state index < -0.39 is 0 Å². The first kappa shape index (κ1) is 44.0. The smallest absolute Gasteiger partial charge is 1.00 e. The summed E-state index contributed by atoms with van der Waals surface area (Å²) in [5.74, 6) is 8.33. The standard InChI is InChI=1S/2C15H28O.C2H8N2.Na.H/c2*1-2-3-4-5-6-7-8-9-10-11-12-13-14-15-16;3-1-2-4;;/h16H,2-12,15H2,1H3;1,16H,3-15H2;1-4H2;;/q;;;+1;-1. The summed E-state index contributed by atoms with van der Waals surface area (Å²) in [7, 11) is 0. The van der Waals surface area contributed by atoms with Gasteiger partial charge in [0.15, 0.2) is 0 Å². The van der Waals surface area contributed by atoms with Gasteiger partial charge in [0, 0.05) is 32.5 Å². The van der Waals surface area contributed by atoms with Crippen molar-refractivity contribution in [2.24, 2.45) is 11.5 Å². The molecule has 0 aromatic carbocycles. The van der Waals surface area contributed by atoms with Gasteiger partial charge in [0.25, 0.3) is 0 Å². The molecule has 0 saturated carbocycles. The van der Waals surface area contributed by atoms with E-state index in [1.807, 2.05) is 0 Å². The van der Waals surface area contributed by atoms with Gasteiger partial charge in [-0.25, -0.2) is 0 Å². The molecule has 0 atom stereocenters. The molecule has 0 aliphatic rings. The minimum atomic E-state index is 0. The zero-order valence-corrected chi connectivity index (χ0v) is 27.2. The van der Waals surface area contributed by atoms with Crippen LogP contribution in [-0.4, -0.2) is 36.5 Å². The number of hydrogen-bond donors (Lipinski definition) is 4. The molecule has 216 valence electrons. The van der Waals surface area contributed by atoms with E-state index in [4.69, 9.17) is 28.1 Å². The molecule has 37 heavy (non-hydrogen) atoms. The molecule has 5 heteroatoms. The molecule has 0 aliphatic carbocycles. The summed E-state index contributed by atoms with van der Waals surface area (Å²) >= 11 is 0. The predicted molar refractivity (Wildman–Crippen MR) is 162 cm³/mol. The number of nitrogens with two attached hydrogens (primary N) is 2. The molecule has 0 radical (unpaired) electrons. The summed E-state index contributed by atoms with van der Waals surface area (Å²) in [5, 5.41) is 17.1. The van der Waals surface area contributed by atoms with Crippen LogP contribution >= 0.6 is 0 Å². The van der Waals surface area contributed by atoms with Crippen LogP contribution in [0.4, 0.5) is 0 Å². The van der Waals surface area contributed by atoms with Crippen molar-refractivity contribution in [1.82, 2.24) is 0 Å². The van der Waals surface area contributed by atoms with Crippen LogP contribution in [0.5, 0.6) is 0 Å². The first-order valence-corrected chi connectivity index (χ1v) is 15.3. The van der Waals surface area contributed by atoms with Crippen LogP contribution in [0.1, 0.15) is 156 Å². The molecule has 0 aromatic rings. The van der Waals surface area contributed by atoms with E-state index in [0.29, 0.717) is 19.7 Å². The number of unbranched alkanes of at least 4 members (excludes halogenated alkanes) is 21. The van der Waals surface area contributed by atoms with Gasteiger partial charge < -0.3 is 23.1 Å². The minimum absolute atomic E-state index is 0. The van der Waals surface area contributed by atoms with E-state index in [9.17, 15) is 0 Å². The Morgan fingerprint density at radius 3 is 1.22 bits per heavy atom. The topological polar surface area (TPSA) is 92.5 Å². The van der Waals surface area contributed by atoms with E-state index in [0.717, 1.165) is 19.3 Å². The molecule has 0 heterocycles. The number of rotatable bonds is 23. The van der Waals surface area contributed by atoms with E-state index in [1.165, 1.54) is 128 Å². The second-order valence-corrected chi connectivity index (χ2v) is 9.59. The summed E-state index contributed by atoms with van der Waals surface area (Å²) in [4.78, 5) is 0. The van der Waals surface area contributed by atoms with Crippen LogP contribution in [0.3, 0.4) is 0 Å². The summed E-state index contributed by atoms with van der Waals surface area (Å²) in [6.45, 7) is 3.83. The Balaban J connectivity index is -0.000000160. The van der Waals surface area contributed by atoms with Crippen LogP contribution in [0, 0.1) is 24.2 Å². The molecule has 0 aliphatic heterocycles. The van der Waals surface area contributed by atoms with Gasteiger partial charge in [-0.05, 0) is 19.3 Å². The second-order valence-electron chi connectivity index (χ2n) is 9.59. The Kier molecular flexibility index (Phi) is 58.2. The van der Waals surface area contributed by atoms with Gasteiger partial charge in [-0.15, -0.1) is 18.3 Å². The summed E-state index contributed by atoms with van der Waals surface area (Å²) in [5.41, 5.74) is 9.81. The monoisotopic (exact) mass is 532 g/mol. The Hall–Kier alpha value is -0.0400. The molecule has 0 amide bonds. The minimum Gasteiger partial charge on any atom is -1.00 e. The van der Waals surface area contributed by atoms with Crippen molar-refractivity contribution >= 4 is 0 Å². The van der Waals surface area contributed by atoms with Crippen molar-refractivity contribution in [2.75, 3.05) is 26.3 Å². The van der Waals surface area contributed by atoms with Crippen LogP contribution in [0.15, 0.2) is 0 Å². The average Bonchev–Trinajstić information content (AvgIpc) is 2.90. The first-order valence-electron chi connectivity index (χ1n) is 15.3. The molecular weight excluding hydrogens is 467 g/mol. The first-order chi connectivity index (χ1) is 17.7. The predicted octanol–water partition coefficient (Wildman–Crippen LogP) is 4.61. The maximum Gasteiger partial charge on any atom is 1.00 e. The Morgan fingerprint density at radius 1 is 0.541 bits per heavy atom. The van der Waals surface area contributed by atoms with E-state index in [2.05, 4.69) is 24.7 Å². The Bertz CT molecular complexity index is 463. The van der Waals surface area contributed by atoms with Crippen molar-refractivity contribution in [3.8, 4) is 24.2 Å². The number of terminal acetylenes is 1. The zero-order valence-electron chi connectivity index (χ0n) is 26.2. The second kappa shape index (κ2) is 49.0. The van der Waals surface area contributed by atoms with Crippen LogP contribution in [0.25, 0.3) is 0 Å². The van der Waals surface area contributed by atoms with E-state index in [1.54, 1.807) is 0 Å². The van der Waals surface area contributed by atoms with Crippen molar-refractivity contribution in [3.63, 3.8) is 0 Å². The molecule has 6 N–H and O–H groups in total. The zero-order chi connectivity index (χ0) is 27.2. The third kappa shape index (κ3) is 57.1. The van der Waals surface area contributed by atoms with Gasteiger partial charge in [0.1, 0.15) is 6.61 Å². The third-order valence-electron chi connectivity index (χ3n) is 6.01. The Morgan fingerprint density at radius 2 is 0.892 bits per heavy atom. The van der Waals surface area contributed by atoms with Gasteiger partial charge in [0.05, 0.1) is 0 Å². The SMILES string of the molecule is C#CCCCCCCCCCCCCCO.CCCCCCCCCCCCC#CCO.NCCN.[H-].[Na+]. The number of hydrogen-bond acceptors (Lipinski definition) is 4. The third-order valence-corrected chi connectivity index (χ3v) is 6.01. The Labute approximate surface area is 256 Å². The molecule has 0 aromatic heterocycles. The fourth-order valence-electron chi connectivity index (χ4n) is 3.77. The van der Waals surface area contributed by atoms with Crippen molar-refractivity contribution < 1.29 is 41.2 Å². The number of aliphatic hydroxyl groups is 2. The normalized spacial score (nSPS) is 9.51. The maximum atomic E-state index is 8.62. The summed E-state index contributed by atoms with van der Waals surface area (Å²) in [6.07, 6.45) is 35.0. The van der Waals surface area contributed by atoms with Crippen LogP contribution < -0.4 is 41.0 Å². The van der Waals surface area contributed by atoms with Crippen molar-refractivity contribution in [1.29, 1.82) is 0 Å². The average molecular weight is 533 g/mol. The fraction of sp³-hybridized carbons (Fsp3) is 0.875.